The second-order valence-corrected chi connectivity index (χ2v) is 20.5. The first-order chi connectivity index (χ1) is 37.9. The fourth-order valence-electron chi connectivity index (χ4n) is 7.60. The number of hydrogen-bond donors (Lipinski definition) is 3. The molecular weight excluding hydrogens is 1210 g/mol. The molecule has 0 radical (unpaired) electrons. The van der Waals surface area contributed by atoms with Crippen LogP contribution < -0.4 is 134 Å². The molecule has 3 amide bonds. The van der Waals surface area contributed by atoms with E-state index in [9.17, 15) is 54.7 Å². The van der Waals surface area contributed by atoms with Gasteiger partial charge in [0, 0.05) is 53.6 Å². The van der Waals surface area contributed by atoms with Crippen LogP contribution in [-0.2, 0) is 73.8 Å². The third-order valence-corrected chi connectivity index (χ3v) is 13.1. The van der Waals surface area contributed by atoms with Gasteiger partial charge in [0.25, 0.3) is 17.7 Å². The van der Waals surface area contributed by atoms with Crippen molar-refractivity contribution in [3.63, 3.8) is 0 Å². The summed E-state index contributed by atoms with van der Waals surface area (Å²) in [7, 11) is -15.8. The van der Waals surface area contributed by atoms with Crippen LogP contribution in [0.15, 0.2) is 168 Å². The molecule has 414 valence electrons. The van der Waals surface area contributed by atoms with Gasteiger partial charge in [-0.05, 0) is 90.3 Å². The number of nitrogens with one attached hydrogen (secondary N) is 3. The van der Waals surface area contributed by atoms with Gasteiger partial charge in [-0.1, -0.05) is 55.0 Å². The number of hydrogen-bond acceptors (Lipinski definition) is 18. The number of benzene rings is 7. The fraction of sp³-hybridized carbons (Fsp3) is 0.127. The van der Waals surface area contributed by atoms with Crippen LogP contribution in [0.5, 0.6) is 0 Å². The summed E-state index contributed by atoms with van der Waals surface area (Å²) < 4.78 is 120. The van der Waals surface area contributed by atoms with Gasteiger partial charge in [0.1, 0.15) is 20.2 Å². The van der Waals surface area contributed by atoms with Gasteiger partial charge in [-0.15, -0.1) is 30.8 Å². The Morgan fingerprint density at radius 3 is 1.45 bits per heavy atom. The minimum absolute atomic E-state index is 0. The van der Waals surface area contributed by atoms with Gasteiger partial charge in [-0.2, -0.15) is 66.2 Å². The smallest absolute Gasteiger partial charge is 0.744 e. The van der Waals surface area contributed by atoms with Crippen LogP contribution >= 0.6 is 0 Å². The van der Waals surface area contributed by atoms with Crippen LogP contribution in [-0.4, -0.2) is 86.3 Å². The molecule has 7 rings (SSSR count). The van der Waals surface area contributed by atoms with E-state index in [1.54, 1.807) is 42.5 Å². The first kappa shape index (κ1) is 77.0. The summed E-state index contributed by atoms with van der Waals surface area (Å²) in [5.74, 6) is -3.01. The second-order valence-electron chi connectivity index (χ2n) is 16.9. The van der Waals surface area contributed by atoms with E-state index in [1.165, 1.54) is 78.9 Å². The average Bonchev–Trinajstić information content (AvgIpc) is 3.64. The predicted octanol–water partition coefficient (Wildman–Crippen LogP) is -6.73. The Morgan fingerprint density at radius 2 is 0.893 bits per heavy atom. The number of carbonyl (C=O) groups is 6. The van der Waals surface area contributed by atoms with Crippen molar-refractivity contribution in [1.82, 2.24) is 10.6 Å². The molecule has 3 N–H and O–H groups in total. The number of ketones is 3. The summed E-state index contributed by atoms with van der Waals surface area (Å²) in [6.07, 6.45) is 0.198. The second kappa shape index (κ2) is 37.6. The molecular formula is C55H43N3Na4O18S4. The third kappa shape index (κ3) is 25.9. The summed E-state index contributed by atoms with van der Waals surface area (Å²) in [5, 5.41) is 8.13. The maximum Gasteiger partial charge on any atom is 1.00 e. The number of aryl methyl sites for hydroxylation is 2. The van der Waals surface area contributed by atoms with E-state index >= 15 is 0 Å². The van der Waals surface area contributed by atoms with E-state index in [-0.39, 0.29) is 207 Å². The SMILES string of the molecule is O=C(CCc1cccc(S(=O)(=O)[O-])c1)c1ccc(C(=O)NCc2cccc(S(=O)(=O)[O-])c2)c(NC(=O)c2ccc(C(=O)Cc3cc(C(=O)NCc4c[c-]ccc4)ccc3C(=O)CCc3c[c-]ccc3)cc2)c1.O=S(=O)=O.O=S(=O)=O.[Na+].[Na+].[Na+].[Na+]. The van der Waals surface area contributed by atoms with Crippen LogP contribution in [0.3, 0.4) is 0 Å². The molecule has 29 heteroatoms. The van der Waals surface area contributed by atoms with E-state index in [4.69, 9.17) is 25.3 Å². The minimum atomic E-state index is -4.79. The van der Waals surface area contributed by atoms with Gasteiger partial charge in [0.15, 0.2) is 17.3 Å². The van der Waals surface area contributed by atoms with E-state index in [0.717, 1.165) is 29.3 Å². The molecule has 0 aliphatic carbocycles. The largest absolute Gasteiger partial charge is 1.00 e. The molecule has 0 saturated carbocycles. The van der Waals surface area contributed by atoms with Crippen LogP contribution in [0.1, 0.15) is 103 Å². The van der Waals surface area contributed by atoms with Crippen molar-refractivity contribution in [3.8, 4) is 0 Å². The molecule has 7 aromatic rings. The van der Waals surface area contributed by atoms with Gasteiger partial charge in [-0.3, -0.25) is 28.8 Å². The van der Waals surface area contributed by atoms with Crippen molar-refractivity contribution in [2.75, 3.05) is 5.32 Å². The molecule has 0 aromatic heterocycles. The van der Waals surface area contributed by atoms with Gasteiger partial charge in [0.05, 0.1) is 21.0 Å². The molecule has 0 aliphatic heterocycles. The maximum atomic E-state index is 13.9. The Labute approximate surface area is 575 Å². The molecule has 0 bridgehead atoms. The standard InChI is InChI=1S/C55H45N3O12S2.4Na.2O3S/c59-50(27-18-37-13-7-15-45(29-37)71(65,66)67)42-23-26-48(55(64)57-35-39-14-8-16-46(30-39)72(68,69)70)49(32-42)58-54(63)41-21-19-40(20-22-41)52(61)33-44-31-43(53(62)56-34-38-11-5-2-6-12-38)24-25-47(44)51(60)28-17-36-9-3-1-4-10-36;;;;;2*1-4(2)3/h1-3,5,7-16,19-26,29-32H,17-18,27-28,33-35H2,(H,56,62)(H,57,64)(H,58,63)(H,65,66,67)(H,68,69,70);;;;;;/q-2;4*+1;;/p-2. The van der Waals surface area contributed by atoms with Crippen LogP contribution in [0.2, 0.25) is 0 Å². The van der Waals surface area contributed by atoms with E-state index in [0.29, 0.717) is 17.5 Å². The molecule has 0 fully saturated rings. The Kier molecular flexibility index (Phi) is 34.4. The van der Waals surface area contributed by atoms with Crippen LogP contribution in [0.4, 0.5) is 5.69 Å². The van der Waals surface area contributed by atoms with Crippen molar-refractivity contribution in [3.05, 3.63) is 231 Å². The zero-order chi connectivity index (χ0) is 58.6. The van der Waals surface area contributed by atoms with Crippen molar-refractivity contribution in [2.24, 2.45) is 0 Å². The summed E-state index contributed by atoms with van der Waals surface area (Å²) in [6.45, 7) is 0.000992. The summed E-state index contributed by atoms with van der Waals surface area (Å²) >= 11 is 0. The van der Waals surface area contributed by atoms with Crippen LogP contribution in [0, 0.1) is 12.1 Å². The topological polar surface area (TPSA) is 355 Å². The molecule has 21 nitrogen and oxygen atoms in total. The van der Waals surface area contributed by atoms with E-state index in [1.807, 2.05) is 18.2 Å². The van der Waals surface area contributed by atoms with Crippen molar-refractivity contribution in [2.45, 2.75) is 55.0 Å². The Balaban J connectivity index is 0.00000276. The van der Waals surface area contributed by atoms with E-state index < -0.39 is 80.5 Å². The number of rotatable bonds is 21. The quantitative estimate of drug-likeness (QED) is 0.0261. The Bertz CT molecular complexity index is 3900. The molecule has 0 atom stereocenters. The van der Waals surface area contributed by atoms with Crippen molar-refractivity contribution >= 4 is 82.2 Å². The molecule has 0 aliphatic rings. The number of Topliss-reactive ketones (excluding diaryl/α,β-unsaturated/α-hetero) is 3. The van der Waals surface area contributed by atoms with Crippen LogP contribution in [0.25, 0.3) is 0 Å². The number of amides is 3. The van der Waals surface area contributed by atoms with Crippen molar-refractivity contribution < 1.29 is 198 Å². The first-order valence-corrected chi connectivity index (χ1v) is 28.1. The summed E-state index contributed by atoms with van der Waals surface area (Å²) in [4.78, 5) is 80.9. The zero-order valence-corrected chi connectivity index (χ0v) is 56.7. The molecule has 0 heterocycles. The van der Waals surface area contributed by atoms with Gasteiger partial charge < -0.3 is 25.1 Å². The van der Waals surface area contributed by atoms with Gasteiger partial charge in [0.2, 0.25) is 0 Å². The Hall–Kier alpha value is -4.98. The monoisotopic (exact) mass is 1250 g/mol. The normalized spacial score (nSPS) is 10.3. The molecule has 7 aromatic carbocycles. The molecule has 0 spiro atoms. The zero-order valence-electron chi connectivity index (χ0n) is 45.4. The third-order valence-electron chi connectivity index (χ3n) is 11.4. The fourth-order valence-corrected chi connectivity index (χ4v) is 8.68. The summed E-state index contributed by atoms with van der Waals surface area (Å²) in [6, 6.07) is 44.7. The average molecular weight is 1250 g/mol. The molecule has 0 saturated heterocycles. The maximum absolute atomic E-state index is 13.9. The van der Waals surface area contributed by atoms with Gasteiger partial charge in [-0.25, -0.2) is 16.8 Å². The number of anilines is 1. The van der Waals surface area contributed by atoms with Crippen molar-refractivity contribution in [1.29, 1.82) is 0 Å². The summed E-state index contributed by atoms with van der Waals surface area (Å²) in [5.41, 5.74) is 3.35. The molecule has 0 unspecified atom stereocenters. The first-order valence-electron chi connectivity index (χ1n) is 23.3. The minimum Gasteiger partial charge on any atom is -0.744 e. The van der Waals surface area contributed by atoms with E-state index in [2.05, 4.69) is 28.1 Å². The molecule has 84 heavy (non-hydrogen) atoms. The number of carbonyl (C=O) groups excluding carboxylic acids is 6. The predicted molar refractivity (Wildman–Crippen MR) is 282 cm³/mol. The van der Waals surface area contributed by atoms with Gasteiger partial charge >= 0.3 is 139 Å². The Morgan fingerprint density at radius 1 is 0.440 bits per heavy atom.